The standard InChI is InChI=1S/C17H24N2O6S/c1-6-8-12(21)25-9-11(20)18-15-13(17(23)24-7-2)10(3)14(26-15)16(22)19(4)5/h6-9H2,1-5H3,(H,18,20). The predicted molar refractivity (Wildman–Crippen MR) is 97.5 cm³/mol. The fourth-order valence-corrected chi connectivity index (χ4v) is 3.28. The molecule has 1 N–H and O–H groups in total. The quantitative estimate of drug-likeness (QED) is 0.690. The topological polar surface area (TPSA) is 102 Å². The van der Waals surface area contributed by atoms with E-state index in [0.29, 0.717) is 16.9 Å². The van der Waals surface area contributed by atoms with Crippen LogP contribution in [0, 0.1) is 6.92 Å². The average molecular weight is 384 g/mol. The normalized spacial score (nSPS) is 10.2. The first-order valence-corrected chi connectivity index (χ1v) is 9.02. The number of rotatable bonds is 8. The smallest absolute Gasteiger partial charge is 0.341 e. The van der Waals surface area contributed by atoms with Crippen LogP contribution in [-0.4, -0.2) is 56.0 Å². The van der Waals surface area contributed by atoms with Crippen molar-refractivity contribution in [1.82, 2.24) is 4.90 Å². The average Bonchev–Trinajstić information content (AvgIpc) is 2.88. The third kappa shape index (κ3) is 5.55. The number of anilines is 1. The Bertz CT molecular complexity index is 696. The van der Waals surface area contributed by atoms with Gasteiger partial charge in [0.05, 0.1) is 17.0 Å². The van der Waals surface area contributed by atoms with E-state index in [1.165, 1.54) is 4.90 Å². The maximum absolute atomic E-state index is 12.3. The molecule has 2 amide bonds. The fraction of sp³-hybridized carbons (Fsp3) is 0.529. The molecule has 144 valence electrons. The van der Waals surface area contributed by atoms with Crippen molar-refractivity contribution in [2.45, 2.75) is 33.6 Å². The number of ether oxygens (including phenoxy) is 2. The van der Waals surface area contributed by atoms with E-state index in [1.807, 2.05) is 6.92 Å². The molecule has 0 bridgehead atoms. The van der Waals surface area contributed by atoms with Crippen LogP contribution in [0.5, 0.6) is 0 Å². The van der Waals surface area contributed by atoms with E-state index in [1.54, 1.807) is 27.9 Å². The van der Waals surface area contributed by atoms with Crippen LogP contribution in [0.15, 0.2) is 0 Å². The molecule has 0 spiro atoms. The molecule has 0 saturated heterocycles. The molecule has 9 heteroatoms. The van der Waals surface area contributed by atoms with Crippen molar-refractivity contribution < 1.29 is 28.7 Å². The summed E-state index contributed by atoms with van der Waals surface area (Å²) in [6, 6.07) is 0. The van der Waals surface area contributed by atoms with Crippen LogP contribution in [0.1, 0.15) is 52.3 Å². The third-order valence-electron chi connectivity index (χ3n) is 3.30. The van der Waals surface area contributed by atoms with Gasteiger partial charge in [0.15, 0.2) is 6.61 Å². The molecule has 0 aliphatic rings. The Kier molecular flexibility index (Phi) is 8.24. The highest BCUT2D eigenvalue weighted by Crippen LogP contribution is 2.34. The van der Waals surface area contributed by atoms with Crippen LogP contribution < -0.4 is 5.32 Å². The molecule has 1 heterocycles. The molecule has 0 atom stereocenters. The Morgan fingerprint density at radius 2 is 1.77 bits per heavy atom. The Hall–Kier alpha value is -2.42. The molecule has 26 heavy (non-hydrogen) atoms. The first-order valence-electron chi connectivity index (χ1n) is 8.20. The monoisotopic (exact) mass is 384 g/mol. The number of hydrogen-bond donors (Lipinski definition) is 1. The molecule has 0 saturated carbocycles. The van der Waals surface area contributed by atoms with Gasteiger partial charge in [0.25, 0.3) is 11.8 Å². The fourth-order valence-electron chi connectivity index (χ4n) is 2.04. The lowest BCUT2D eigenvalue weighted by atomic mass is 10.1. The lowest BCUT2D eigenvalue weighted by Crippen LogP contribution is -2.21. The van der Waals surface area contributed by atoms with Gasteiger partial charge in [0.1, 0.15) is 5.00 Å². The van der Waals surface area contributed by atoms with Crippen molar-refractivity contribution in [3.8, 4) is 0 Å². The van der Waals surface area contributed by atoms with Crippen molar-refractivity contribution in [3.63, 3.8) is 0 Å². The molecule has 0 radical (unpaired) electrons. The maximum atomic E-state index is 12.3. The van der Waals surface area contributed by atoms with E-state index in [4.69, 9.17) is 9.47 Å². The summed E-state index contributed by atoms with van der Waals surface area (Å²) in [5.74, 6) is -1.98. The largest absolute Gasteiger partial charge is 0.462 e. The molecule has 1 aromatic heterocycles. The summed E-state index contributed by atoms with van der Waals surface area (Å²) in [5.41, 5.74) is 0.570. The van der Waals surface area contributed by atoms with Gasteiger partial charge < -0.3 is 19.7 Å². The number of nitrogens with one attached hydrogen (secondary N) is 1. The van der Waals surface area contributed by atoms with Gasteiger partial charge in [-0.15, -0.1) is 11.3 Å². The van der Waals surface area contributed by atoms with Gasteiger partial charge in [0.2, 0.25) is 0 Å². The number of carbonyl (C=O) groups is 4. The molecule has 8 nitrogen and oxygen atoms in total. The Morgan fingerprint density at radius 1 is 1.12 bits per heavy atom. The van der Waals surface area contributed by atoms with Gasteiger partial charge in [-0.2, -0.15) is 0 Å². The SMILES string of the molecule is CCCC(=O)OCC(=O)Nc1sc(C(=O)N(C)C)c(C)c1C(=O)OCC. The number of carbonyl (C=O) groups excluding carboxylic acids is 4. The molecule has 0 fully saturated rings. The summed E-state index contributed by atoms with van der Waals surface area (Å²) >= 11 is 0.985. The maximum Gasteiger partial charge on any atom is 0.341 e. The highest BCUT2D eigenvalue weighted by Gasteiger charge is 2.27. The second-order valence-electron chi connectivity index (χ2n) is 5.64. The van der Waals surface area contributed by atoms with Crippen molar-refractivity contribution in [3.05, 3.63) is 16.0 Å². The number of nitrogens with zero attached hydrogens (tertiary/aromatic N) is 1. The van der Waals surface area contributed by atoms with Gasteiger partial charge >= 0.3 is 11.9 Å². The summed E-state index contributed by atoms with van der Waals surface area (Å²) in [4.78, 5) is 49.7. The highest BCUT2D eigenvalue weighted by molar-refractivity contribution is 7.18. The van der Waals surface area contributed by atoms with E-state index in [9.17, 15) is 19.2 Å². The summed E-state index contributed by atoms with van der Waals surface area (Å²) in [7, 11) is 3.19. The zero-order valence-corrected chi connectivity index (χ0v) is 16.4. The van der Waals surface area contributed by atoms with E-state index in [-0.39, 0.29) is 29.5 Å². The lowest BCUT2D eigenvalue weighted by molar-refractivity contribution is -0.147. The second-order valence-corrected chi connectivity index (χ2v) is 6.66. The van der Waals surface area contributed by atoms with Gasteiger partial charge in [-0.1, -0.05) is 6.92 Å². The van der Waals surface area contributed by atoms with Gasteiger partial charge in [0, 0.05) is 20.5 Å². The predicted octanol–water partition coefficient (Wildman–Crippen LogP) is 2.22. The van der Waals surface area contributed by atoms with Crippen LogP contribution in [0.3, 0.4) is 0 Å². The van der Waals surface area contributed by atoms with Gasteiger partial charge in [-0.3, -0.25) is 14.4 Å². The zero-order valence-electron chi connectivity index (χ0n) is 15.6. The lowest BCUT2D eigenvalue weighted by Gasteiger charge is -2.09. The van der Waals surface area contributed by atoms with Crippen LogP contribution in [0.4, 0.5) is 5.00 Å². The molecule has 0 unspecified atom stereocenters. The first-order chi connectivity index (χ1) is 12.2. The summed E-state index contributed by atoms with van der Waals surface area (Å²) in [5, 5.41) is 2.73. The minimum Gasteiger partial charge on any atom is -0.462 e. The summed E-state index contributed by atoms with van der Waals surface area (Å²) in [6.07, 6.45) is 0.842. The van der Waals surface area contributed by atoms with E-state index in [0.717, 1.165) is 11.3 Å². The van der Waals surface area contributed by atoms with Crippen molar-refractivity contribution in [2.24, 2.45) is 0 Å². The van der Waals surface area contributed by atoms with Gasteiger partial charge in [-0.25, -0.2) is 4.79 Å². The molecular weight excluding hydrogens is 360 g/mol. The van der Waals surface area contributed by atoms with Crippen molar-refractivity contribution in [1.29, 1.82) is 0 Å². The van der Waals surface area contributed by atoms with Crippen LogP contribution in [0.25, 0.3) is 0 Å². The Labute approximate surface area is 156 Å². The van der Waals surface area contributed by atoms with Crippen molar-refractivity contribution in [2.75, 3.05) is 32.6 Å². The molecule has 1 rings (SSSR count). The minimum atomic E-state index is -0.627. The van der Waals surface area contributed by atoms with Crippen LogP contribution in [0.2, 0.25) is 0 Å². The molecule has 0 aliphatic heterocycles. The second kappa shape index (κ2) is 9.91. The third-order valence-corrected chi connectivity index (χ3v) is 4.49. The van der Waals surface area contributed by atoms with Crippen LogP contribution in [-0.2, 0) is 19.1 Å². The Balaban J connectivity index is 3.06. The molecule has 0 aromatic carbocycles. The number of esters is 2. The number of thiophene rings is 1. The number of amides is 2. The van der Waals surface area contributed by atoms with Crippen molar-refractivity contribution >= 4 is 40.1 Å². The van der Waals surface area contributed by atoms with Gasteiger partial charge in [-0.05, 0) is 25.8 Å². The molecule has 0 aliphatic carbocycles. The highest BCUT2D eigenvalue weighted by atomic mass is 32.1. The number of hydrogen-bond acceptors (Lipinski definition) is 7. The van der Waals surface area contributed by atoms with E-state index >= 15 is 0 Å². The summed E-state index contributed by atoms with van der Waals surface area (Å²) < 4.78 is 9.87. The van der Waals surface area contributed by atoms with Crippen LogP contribution >= 0.6 is 11.3 Å². The minimum absolute atomic E-state index is 0.135. The Morgan fingerprint density at radius 3 is 2.31 bits per heavy atom. The molecular formula is C17H24N2O6S. The molecule has 1 aromatic rings. The van der Waals surface area contributed by atoms with E-state index in [2.05, 4.69) is 5.32 Å². The summed E-state index contributed by atoms with van der Waals surface area (Å²) in [6.45, 7) is 4.81. The zero-order chi connectivity index (χ0) is 19.9. The first kappa shape index (κ1) is 21.6. The van der Waals surface area contributed by atoms with E-state index < -0.39 is 24.5 Å².